The first-order valence-corrected chi connectivity index (χ1v) is 6.10. The lowest BCUT2D eigenvalue weighted by molar-refractivity contribution is -0.139. The van der Waals surface area contributed by atoms with Crippen molar-refractivity contribution in [2.24, 2.45) is 0 Å². The number of anilines is 1. The van der Waals surface area contributed by atoms with E-state index in [9.17, 15) is 13.6 Å². The van der Waals surface area contributed by atoms with Crippen molar-refractivity contribution in [2.75, 3.05) is 25.4 Å². The molecule has 0 saturated carbocycles. The highest BCUT2D eigenvalue weighted by atomic mass is 19.3. The Labute approximate surface area is 110 Å². The van der Waals surface area contributed by atoms with Crippen molar-refractivity contribution in [1.29, 1.82) is 0 Å². The molecule has 19 heavy (non-hydrogen) atoms. The van der Waals surface area contributed by atoms with Crippen LogP contribution in [0.4, 0.5) is 14.5 Å². The predicted octanol–water partition coefficient (Wildman–Crippen LogP) is 1.91. The van der Waals surface area contributed by atoms with Gasteiger partial charge < -0.3 is 15.4 Å². The fraction of sp³-hybridized carbons (Fsp3) is 0.462. The number of likely N-dealkylation sites (tertiary alicyclic amines) is 1. The van der Waals surface area contributed by atoms with Crippen molar-refractivity contribution in [1.82, 2.24) is 4.90 Å². The number of nitrogens with two attached hydrogens (primary N) is 1. The van der Waals surface area contributed by atoms with Gasteiger partial charge in [-0.25, -0.2) is 8.78 Å². The van der Waals surface area contributed by atoms with Crippen LogP contribution < -0.4 is 10.5 Å². The topological polar surface area (TPSA) is 55.6 Å². The van der Waals surface area contributed by atoms with Gasteiger partial charge in [0.1, 0.15) is 5.75 Å². The van der Waals surface area contributed by atoms with Crippen LogP contribution in [0.25, 0.3) is 0 Å². The van der Waals surface area contributed by atoms with Crippen LogP contribution in [0.3, 0.4) is 0 Å². The van der Waals surface area contributed by atoms with Crippen LogP contribution >= 0.6 is 0 Å². The van der Waals surface area contributed by atoms with Gasteiger partial charge in [-0.3, -0.25) is 4.79 Å². The molecule has 0 bridgehead atoms. The van der Waals surface area contributed by atoms with E-state index in [-0.39, 0.29) is 38.4 Å². The van der Waals surface area contributed by atoms with Gasteiger partial charge in [-0.1, -0.05) is 0 Å². The average Bonchev–Trinajstić information content (AvgIpc) is 2.37. The smallest absolute Gasteiger partial charge is 0.260 e. The summed E-state index contributed by atoms with van der Waals surface area (Å²) in [6, 6.07) is 6.66. The first-order valence-electron chi connectivity index (χ1n) is 6.10. The van der Waals surface area contributed by atoms with E-state index in [0.29, 0.717) is 11.4 Å². The third-order valence-electron chi connectivity index (χ3n) is 3.09. The molecule has 0 unspecified atom stereocenters. The molecule has 0 aliphatic carbocycles. The molecule has 2 N–H and O–H groups in total. The minimum atomic E-state index is -2.64. The van der Waals surface area contributed by atoms with E-state index in [4.69, 9.17) is 10.5 Å². The SMILES string of the molecule is Nc1ccc(OCC(=O)N2CCC(F)(F)CC2)cc1. The highest BCUT2D eigenvalue weighted by Gasteiger charge is 2.35. The van der Waals surface area contributed by atoms with Crippen LogP contribution in [-0.2, 0) is 4.79 Å². The van der Waals surface area contributed by atoms with Gasteiger partial charge >= 0.3 is 0 Å². The normalized spacial score (nSPS) is 18.1. The Morgan fingerprint density at radius 1 is 1.26 bits per heavy atom. The molecular weight excluding hydrogens is 254 g/mol. The molecule has 1 aromatic carbocycles. The highest BCUT2D eigenvalue weighted by molar-refractivity contribution is 5.77. The monoisotopic (exact) mass is 270 g/mol. The molecule has 0 aromatic heterocycles. The molecule has 1 aliphatic heterocycles. The number of hydrogen-bond donors (Lipinski definition) is 1. The molecule has 104 valence electrons. The third kappa shape index (κ3) is 3.81. The van der Waals surface area contributed by atoms with E-state index in [1.54, 1.807) is 24.3 Å². The lowest BCUT2D eigenvalue weighted by Gasteiger charge is -2.31. The highest BCUT2D eigenvalue weighted by Crippen LogP contribution is 2.27. The fourth-order valence-electron chi connectivity index (χ4n) is 1.88. The zero-order valence-corrected chi connectivity index (χ0v) is 10.4. The number of piperidine rings is 1. The largest absolute Gasteiger partial charge is 0.484 e. The molecule has 6 heteroatoms. The summed E-state index contributed by atoms with van der Waals surface area (Å²) < 4.78 is 31.2. The lowest BCUT2D eigenvalue weighted by Crippen LogP contribution is -2.44. The van der Waals surface area contributed by atoms with Crippen LogP contribution in [0.1, 0.15) is 12.8 Å². The van der Waals surface area contributed by atoms with E-state index in [2.05, 4.69) is 0 Å². The molecule has 1 fully saturated rings. The Kier molecular flexibility index (Phi) is 3.87. The minimum Gasteiger partial charge on any atom is -0.484 e. The van der Waals surface area contributed by atoms with Gasteiger partial charge in [0.05, 0.1) is 0 Å². The van der Waals surface area contributed by atoms with Gasteiger partial charge in [-0.2, -0.15) is 0 Å². The molecule has 2 rings (SSSR count). The van der Waals surface area contributed by atoms with Crippen molar-refractivity contribution in [3.8, 4) is 5.75 Å². The third-order valence-corrected chi connectivity index (χ3v) is 3.09. The maximum Gasteiger partial charge on any atom is 0.260 e. The Balaban J connectivity index is 1.80. The van der Waals surface area contributed by atoms with Crippen LogP contribution in [-0.4, -0.2) is 36.4 Å². The Morgan fingerprint density at radius 2 is 1.84 bits per heavy atom. The van der Waals surface area contributed by atoms with E-state index in [0.717, 1.165) is 0 Å². The van der Waals surface area contributed by atoms with Crippen LogP contribution in [0.2, 0.25) is 0 Å². The van der Waals surface area contributed by atoms with E-state index in [1.807, 2.05) is 0 Å². The van der Waals surface area contributed by atoms with Crippen molar-refractivity contribution in [3.05, 3.63) is 24.3 Å². The predicted molar refractivity (Wildman–Crippen MR) is 67.1 cm³/mol. The molecule has 1 saturated heterocycles. The second kappa shape index (κ2) is 5.42. The number of hydrogen-bond acceptors (Lipinski definition) is 3. The summed E-state index contributed by atoms with van der Waals surface area (Å²) >= 11 is 0. The van der Waals surface area contributed by atoms with Crippen LogP contribution in [0, 0.1) is 0 Å². The number of amides is 1. The summed E-state index contributed by atoms with van der Waals surface area (Å²) in [7, 11) is 0. The van der Waals surface area contributed by atoms with E-state index >= 15 is 0 Å². The lowest BCUT2D eigenvalue weighted by atomic mass is 10.1. The molecule has 0 atom stereocenters. The number of ether oxygens (including phenoxy) is 1. The number of halogens is 2. The number of carbonyl (C=O) groups is 1. The first kappa shape index (κ1) is 13.6. The molecule has 0 radical (unpaired) electrons. The van der Waals surface area contributed by atoms with Crippen molar-refractivity contribution in [2.45, 2.75) is 18.8 Å². The number of rotatable bonds is 3. The van der Waals surface area contributed by atoms with Crippen molar-refractivity contribution in [3.63, 3.8) is 0 Å². The molecule has 1 heterocycles. The summed E-state index contributed by atoms with van der Waals surface area (Å²) in [5, 5.41) is 0. The summed E-state index contributed by atoms with van der Waals surface area (Å²) in [4.78, 5) is 13.2. The number of benzene rings is 1. The Morgan fingerprint density at radius 3 is 2.42 bits per heavy atom. The van der Waals surface area contributed by atoms with E-state index < -0.39 is 5.92 Å². The summed E-state index contributed by atoms with van der Waals surface area (Å²) in [6.45, 7) is 0.0172. The zero-order chi connectivity index (χ0) is 13.9. The van der Waals surface area contributed by atoms with Gasteiger partial charge in [-0.15, -0.1) is 0 Å². The maximum atomic E-state index is 12.9. The number of alkyl halides is 2. The summed E-state index contributed by atoms with van der Waals surface area (Å²) in [5.41, 5.74) is 6.13. The standard InChI is InChI=1S/C13H16F2N2O2/c14-13(15)5-7-17(8-6-13)12(18)9-19-11-3-1-10(16)2-4-11/h1-4H,5-9,16H2. The summed E-state index contributed by atoms with van der Waals surface area (Å²) in [6.07, 6.45) is -0.554. The van der Waals surface area contributed by atoms with Crippen molar-refractivity contribution >= 4 is 11.6 Å². The molecule has 1 amide bonds. The Hall–Kier alpha value is -1.85. The van der Waals surface area contributed by atoms with Gasteiger partial charge in [0.25, 0.3) is 11.8 Å². The van der Waals surface area contributed by atoms with Gasteiger partial charge in [0.15, 0.2) is 6.61 Å². The molecule has 1 aliphatic rings. The van der Waals surface area contributed by atoms with Crippen molar-refractivity contribution < 1.29 is 18.3 Å². The second-order valence-electron chi connectivity index (χ2n) is 4.59. The van der Waals surface area contributed by atoms with Gasteiger partial charge in [0, 0.05) is 31.6 Å². The molecular formula is C13H16F2N2O2. The van der Waals surface area contributed by atoms with Gasteiger partial charge in [-0.05, 0) is 24.3 Å². The number of nitrogens with zero attached hydrogens (tertiary/aromatic N) is 1. The minimum absolute atomic E-state index is 0.0803. The quantitative estimate of drug-likeness (QED) is 0.853. The van der Waals surface area contributed by atoms with E-state index in [1.165, 1.54) is 4.90 Å². The summed E-state index contributed by atoms with van der Waals surface area (Å²) in [5.74, 6) is -2.38. The molecule has 0 spiro atoms. The Bertz CT molecular complexity index is 438. The van der Waals surface area contributed by atoms with Gasteiger partial charge in [0.2, 0.25) is 0 Å². The number of carbonyl (C=O) groups excluding carboxylic acids is 1. The average molecular weight is 270 g/mol. The zero-order valence-electron chi connectivity index (χ0n) is 10.4. The van der Waals surface area contributed by atoms with Crippen LogP contribution in [0.15, 0.2) is 24.3 Å². The first-order chi connectivity index (χ1) is 8.96. The molecule has 1 aromatic rings. The maximum absolute atomic E-state index is 12.9. The fourth-order valence-corrected chi connectivity index (χ4v) is 1.88. The number of nitrogen functional groups attached to an aromatic ring is 1. The van der Waals surface area contributed by atoms with Crippen LogP contribution in [0.5, 0.6) is 5.75 Å². The second-order valence-corrected chi connectivity index (χ2v) is 4.59. The molecule has 4 nitrogen and oxygen atoms in total.